The van der Waals surface area contributed by atoms with Gasteiger partial charge in [0.1, 0.15) is 0 Å². The second-order valence-corrected chi connectivity index (χ2v) is 6.05. The highest BCUT2D eigenvalue weighted by Gasteiger charge is 2.10. The molecule has 0 spiro atoms. The average molecular weight is 367 g/mol. The second kappa shape index (κ2) is 9.00. The third-order valence-corrected chi connectivity index (χ3v) is 4.43. The third-order valence-electron chi connectivity index (χ3n) is 2.85. The van der Waals surface area contributed by atoms with Crippen molar-refractivity contribution >= 4 is 27.7 Å². The van der Waals surface area contributed by atoms with Crippen molar-refractivity contribution < 1.29 is 9.47 Å². The molecule has 4 heteroatoms. The standard InChI is InChI=1S/C17H19BrO2S/c1-2-19-16-10-6-7-14(13-18)17(16)20-11-12-21-15-8-4-3-5-9-15/h3-10H,2,11-13H2,1H3. The maximum Gasteiger partial charge on any atom is 0.165 e. The van der Waals surface area contributed by atoms with E-state index in [9.17, 15) is 0 Å². The molecule has 0 bridgehead atoms. The maximum atomic E-state index is 5.96. The first kappa shape index (κ1) is 16.2. The fourth-order valence-corrected chi connectivity index (χ4v) is 3.11. The summed E-state index contributed by atoms with van der Waals surface area (Å²) < 4.78 is 11.6. The van der Waals surface area contributed by atoms with Crippen LogP contribution in [0.4, 0.5) is 0 Å². The molecule has 0 aliphatic heterocycles. The van der Waals surface area contributed by atoms with Gasteiger partial charge in [-0.05, 0) is 25.1 Å². The first-order valence-corrected chi connectivity index (χ1v) is 9.07. The van der Waals surface area contributed by atoms with Crippen molar-refractivity contribution in [2.24, 2.45) is 0 Å². The summed E-state index contributed by atoms with van der Waals surface area (Å²) in [4.78, 5) is 1.26. The number of hydrogen-bond donors (Lipinski definition) is 0. The summed E-state index contributed by atoms with van der Waals surface area (Å²) >= 11 is 5.29. The van der Waals surface area contributed by atoms with Crippen molar-refractivity contribution in [1.29, 1.82) is 0 Å². The van der Waals surface area contributed by atoms with Crippen molar-refractivity contribution in [3.8, 4) is 11.5 Å². The lowest BCUT2D eigenvalue weighted by molar-refractivity contribution is 0.288. The van der Waals surface area contributed by atoms with Crippen LogP contribution < -0.4 is 9.47 Å². The third kappa shape index (κ3) is 4.97. The molecule has 0 amide bonds. The van der Waals surface area contributed by atoms with Crippen LogP contribution in [-0.4, -0.2) is 19.0 Å². The fraction of sp³-hybridized carbons (Fsp3) is 0.294. The molecule has 0 heterocycles. The normalized spacial score (nSPS) is 10.4. The Kier molecular flexibility index (Phi) is 6.96. The topological polar surface area (TPSA) is 18.5 Å². The van der Waals surface area contributed by atoms with Crippen molar-refractivity contribution in [1.82, 2.24) is 0 Å². The van der Waals surface area contributed by atoms with Gasteiger partial charge < -0.3 is 9.47 Å². The first-order chi connectivity index (χ1) is 10.3. The molecule has 0 atom stereocenters. The Morgan fingerprint density at radius 3 is 2.52 bits per heavy atom. The Bertz CT molecular complexity index is 546. The Morgan fingerprint density at radius 1 is 1.00 bits per heavy atom. The van der Waals surface area contributed by atoms with Crippen LogP contribution in [0.2, 0.25) is 0 Å². The van der Waals surface area contributed by atoms with Crippen LogP contribution in [-0.2, 0) is 5.33 Å². The van der Waals surface area contributed by atoms with Crippen molar-refractivity contribution in [3.05, 3.63) is 54.1 Å². The summed E-state index contributed by atoms with van der Waals surface area (Å²) in [5.41, 5.74) is 1.12. The first-order valence-electron chi connectivity index (χ1n) is 6.96. The molecule has 21 heavy (non-hydrogen) atoms. The molecule has 0 N–H and O–H groups in total. The van der Waals surface area contributed by atoms with E-state index >= 15 is 0 Å². The minimum absolute atomic E-state index is 0.640. The molecule has 2 rings (SSSR count). The molecule has 2 aromatic rings. The largest absolute Gasteiger partial charge is 0.490 e. The summed E-state index contributed by atoms with van der Waals surface area (Å²) in [5.74, 6) is 2.58. The van der Waals surface area contributed by atoms with Gasteiger partial charge in [0.05, 0.1) is 13.2 Å². The lowest BCUT2D eigenvalue weighted by atomic mass is 10.2. The molecule has 2 nitrogen and oxygen atoms in total. The predicted octanol–water partition coefficient (Wildman–Crippen LogP) is 5.15. The van der Waals surface area contributed by atoms with Crippen LogP contribution in [0, 0.1) is 0 Å². The van der Waals surface area contributed by atoms with Crippen LogP contribution in [0.3, 0.4) is 0 Å². The van der Waals surface area contributed by atoms with Gasteiger partial charge in [-0.15, -0.1) is 11.8 Å². The van der Waals surface area contributed by atoms with E-state index in [1.165, 1.54) is 4.90 Å². The van der Waals surface area contributed by atoms with Crippen LogP contribution in [0.15, 0.2) is 53.4 Å². The van der Waals surface area contributed by atoms with E-state index in [0.717, 1.165) is 28.1 Å². The van der Waals surface area contributed by atoms with Gasteiger partial charge >= 0.3 is 0 Å². The van der Waals surface area contributed by atoms with Gasteiger partial charge in [0.2, 0.25) is 0 Å². The highest BCUT2D eigenvalue weighted by atomic mass is 79.9. The highest BCUT2D eigenvalue weighted by molar-refractivity contribution is 9.08. The quantitative estimate of drug-likeness (QED) is 0.365. The molecular weight excluding hydrogens is 348 g/mol. The van der Waals surface area contributed by atoms with Crippen LogP contribution in [0.1, 0.15) is 12.5 Å². The number of hydrogen-bond acceptors (Lipinski definition) is 3. The van der Waals surface area contributed by atoms with E-state index in [4.69, 9.17) is 9.47 Å². The fourth-order valence-electron chi connectivity index (χ4n) is 1.92. The average Bonchev–Trinajstić information content (AvgIpc) is 2.53. The van der Waals surface area contributed by atoms with Crippen molar-refractivity contribution in [2.45, 2.75) is 17.1 Å². The summed E-state index contributed by atoms with van der Waals surface area (Å²) in [6.07, 6.45) is 0. The van der Waals surface area contributed by atoms with E-state index in [1.807, 2.05) is 25.1 Å². The van der Waals surface area contributed by atoms with Gasteiger partial charge in [0, 0.05) is 21.5 Å². The number of halogens is 1. The molecule has 112 valence electrons. The van der Waals surface area contributed by atoms with Gasteiger partial charge in [0.25, 0.3) is 0 Å². The Hall–Kier alpha value is -1.13. The molecule has 0 radical (unpaired) electrons. The zero-order chi connectivity index (χ0) is 14.9. The smallest absolute Gasteiger partial charge is 0.165 e. The van der Waals surface area contributed by atoms with E-state index in [1.54, 1.807) is 11.8 Å². The van der Waals surface area contributed by atoms with Gasteiger partial charge in [-0.25, -0.2) is 0 Å². The predicted molar refractivity (Wildman–Crippen MR) is 92.9 cm³/mol. The van der Waals surface area contributed by atoms with Crippen molar-refractivity contribution in [3.63, 3.8) is 0 Å². The SMILES string of the molecule is CCOc1cccc(CBr)c1OCCSc1ccccc1. The molecule has 0 aliphatic carbocycles. The summed E-state index contributed by atoms with van der Waals surface area (Å²) in [7, 11) is 0. The van der Waals surface area contributed by atoms with Crippen LogP contribution in [0.25, 0.3) is 0 Å². The minimum Gasteiger partial charge on any atom is -0.490 e. The number of thioether (sulfide) groups is 1. The zero-order valence-corrected chi connectivity index (χ0v) is 14.5. The van der Waals surface area contributed by atoms with Crippen LogP contribution >= 0.6 is 27.7 Å². The second-order valence-electron chi connectivity index (χ2n) is 4.32. The minimum atomic E-state index is 0.640. The monoisotopic (exact) mass is 366 g/mol. The molecule has 0 aromatic heterocycles. The van der Waals surface area contributed by atoms with E-state index in [0.29, 0.717) is 13.2 Å². The molecular formula is C17H19BrO2S. The summed E-state index contributed by atoms with van der Waals surface area (Å²) in [6.45, 7) is 3.28. The van der Waals surface area contributed by atoms with Crippen molar-refractivity contribution in [2.75, 3.05) is 19.0 Å². The zero-order valence-electron chi connectivity index (χ0n) is 12.0. The molecule has 0 aliphatic rings. The lowest BCUT2D eigenvalue weighted by Crippen LogP contribution is -2.05. The number of alkyl halides is 1. The van der Waals surface area contributed by atoms with Gasteiger partial charge in [-0.3, -0.25) is 0 Å². The number of para-hydroxylation sites is 1. The molecule has 0 saturated carbocycles. The molecule has 0 saturated heterocycles. The number of ether oxygens (including phenoxy) is 2. The Morgan fingerprint density at radius 2 is 1.81 bits per heavy atom. The maximum absolute atomic E-state index is 5.96. The van der Waals surface area contributed by atoms with E-state index in [2.05, 4.69) is 46.3 Å². The lowest BCUT2D eigenvalue weighted by Gasteiger charge is -2.14. The molecule has 0 unspecified atom stereocenters. The molecule has 0 fully saturated rings. The highest BCUT2D eigenvalue weighted by Crippen LogP contribution is 2.33. The summed E-state index contributed by atoms with van der Waals surface area (Å²) in [6, 6.07) is 16.4. The Balaban J connectivity index is 1.92. The van der Waals surface area contributed by atoms with Gasteiger partial charge in [0.15, 0.2) is 11.5 Å². The Labute approximate surface area is 139 Å². The van der Waals surface area contributed by atoms with E-state index in [-0.39, 0.29) is 0 Å². The van der Waals surface area contributed by atoms with Gasteiger partial charge in [-0.2, -0.15) is 0 Å². The molecule has 2 aromatic carbocycles. The van der Waals surface area contributed by atoms with Crippen LogP contribution in [0.5, 0.6) is 11.5 Å². The van der Waals surface area contributed by atoms with Gasteiger partial charge in [-0.1, -0.05) is 46.3 Å². The number of rotatable bonds is 8. The van der Waals surface area contributed by atoms with E-state index < -0.39 is 0 Å². The summed E-state index contributed by atoms with van der Waals surface area (Å²) in [5, 5.41) is 0.759. The number of benzene rings is 2.